The third kappa shape index (κ3) is 3.26. The molecule has 1 aliphatic rings. The SMILES string of the molecule is C#CC[C@@H](NC(=O)[C@@H]1CCOC1)C(=O)O. The second kappa shape index (κ2) is 5.37. The first-order valence-electron chi connectivity index (χ1n) is 4.69. The molecule has 0 bridgehead atoms. The number of aliphatic carboxylic acids is 1. The minimum Gasteiger partial charge on any atom is -0.480 e. The van der Waals surface area contributed by atoms with Crippen LogP contribution in [-0.4, -0.2) is 36.2 Å². The van der Waals surface area contributed by atoms with Gasteiger partial charge in [0.25, 0.3) is 0 Å². The van der Waals surface area contributed by atoms with Crippen LogP contribution in [0.25, 0.3) is 0 Å². The van der Waals surface area contributed by atoms with E-state index in [2.05, 4.69) is 11.2 Å². The lowest BCUT2D eigenvalue weighted by atomic mass is 10.1. The second-order valence-electron chi connectivity index (χ2n) is 3.37. The van der Waals surface area contributed by atoms with Gasteiger partial charge in [0.1, 0.15) is 6.04 Å². The zero-order chi connectivity index (χ0) is 11.3. The molecule has 0 unspecified atom stereocenters. The van der Waals surface area contributed by atoms with Crippen molar-refractivity contribution in [1.82, 2.24) is 5.32 Å². The summed E-state index contributed by atoms with van der Waals surface area (Å²) in [6, 6.07) is -0.997. The summed E-state index contributed by atoms with van der Waals surface area (Å²) in [7, 11) is 0. The highest BCUT2D eigenvalue weighted by Crippen LogP contribution is 2.12. The van der Waals surface area contributed by atoms with Crippen LogP contribution < -0.4 is 5.32 Å². The van der Waals surface area contributed by atoms with E-state index in [0.29, 0.717) is 19.6 Å². The third-order valence-corrected chi connectivity index (χ3v) is 2.24. The molecule has 2 atom stereocenters. The quantitative estimate of drug-likeness (QED) is 0.621. The van der Waals surface area contributed by atoms with Gasteiger partial charge in [-0.3, -0.25) is 4.79 Å². The third-order valence-electron chi connectivity index (χ3n) is 2.24. The van der Waals surface area contributed by atoms with Crippen LogP contribution in [0.5, 0.6) is 0 Å². The van der Waals surface area contributed by atoms with Crippen LogP contribution >= 0.6 is 0 Å². The molecule has 1 heterocycles. The van der Waals surface area contributed by atoms with Crippen LogP contribution in [0.1, 0.15) is 12.8 Å². The number of hydrogen-bond acceptors (Lipinski definition) is 3. The van der Waals surface area contributed by atoms with E-state index in [4.69, 9.17) is 16.3 Å². The van der Waals surface area contributed by atoms with E-state index in [1.165, 1.54) is 0 Å². The van der Waals surface area contributed by atoms with Crippen LogP contribution in [0, 0.1) is 18.3 Å². The molecule has 5 nitrogen and oxygen atoms in total. The molecule has 1 saturated heterocycles. The molecule has 0 radical (unpaired) electrons. The van der Waals surface area contributed by atoms with Crippen molar-refractivity contribution in [3.8, 4) is 12.3 Å². The Bertz CT molecular complexity index is 288. The Morgan fingerprint density at radius 2 is 2.40 bits per heavy atom. The monoisotopic (exact) mass is 211 g/mol. The highest BCUT2D eigenvalue weighted by Gasteiger charge is 2.27. The molecule has 0 aromatic carbocycles. The van der Waals surface area contributed by atoms with Crippen LogP contribution in [0.3, 0.4) is 0 Å². The molecular weight excluding hydrogens is 198 g/mol. The van der Waals surface area contributed by atoms with Gasteiger partial charge in [-0.05, 0) is 6.42 Å². The van der Waals surface area contributed by atoms with Crippen molar-refractivity contribution in [2.24, 2.45) is 5.92 Å². The standard InChI is InChI=1S/C10H13NO4/c1-2-3-8(10(13)14)11-9(12)7-4-5-15-6-7/h1,7-8H,3-6H2,(H,11,12)(H,13,14)/t7-,8-/m1/s1. The van der Waals surface area contributed by atoms with Gasteiger partial charge in [0, 0.05) is 13.0 Å². The zero-order valence-corrected chi connectivity index (χ0v) is 8.23. The van der Waals surface area contributed by atoms with Gasteiger partial charge in [0.15, 0.2) is 0 Å². The maximum Gasteiger partial charge on any atom is 0.327 e. The Morgan fingerprint density at radius 1 is 1.67 bits per heavy atom. The van der Waals surface area contributed by atoms with E-state index in [-0.39, 0.29) is 18.2 Å². The van der Waals surface area contributed by atoms with Crippen molar-refractivity contribution in [2.75, 3.05) is 13.2 Å². The molecule has 1 aliphatic heterocycles. The van der Waals surface area contributed by atoms with Gasteiger partial charge >= 0.3 is 5.97 Å². The van der Waals surface area contributed by atoms with E-state index in [1.807, 2.05) is 0 Å². The fraction of sp³-hybridized carbons (Fsp3) is 0.600. The lowest BCUT2D eigenvalue weighted by Gasteiger charge is -2.14. The molecule has 15 heavy (non-hydrogen) atoms. The van der Waals surface area contributed by atoms with Crippen molar-refractivity contribution in [3.63, 3.8) is 0 Å². The molecule has 1 rings (SSSR count). The number of carboxylic acids is 1. The molecule has 0 aromatic rings. The van der Waals surface area contributed by atoms with Crippen LogP contribution in [-0.2, 0) is 14.3 Å². The van der Waals surface area contributed by atoms with Crippen molar-refractivity contribution < 1.29 is 19.4 Å². The van der Waals surface area contributed by atoms with Crippen molar-refractivity contribution >= 4 is 11.9 Å². The first-order valence-corrected chi connectivity index (χ1v) is 4.69. The second-order valence-corrected chi connectivity index (χ2v) is 3.37. The Labute approximate surface area is 87.8 Å². The van der Waals surface area contributed by atoms with Crippen LogP contribution in [0.4, 0.5) is 0 Å². The van der Waals surface area contributed by atoms with Gasteiger partial charge in [-0.2, -0.15) is 0 Å². The predicted molar refractivity (Wildman–Crippen MR) is 51.9 cm³/mol. The summed E-state index contributed by atoms with van der Waals surface area (Å²) < 4.78 is 5.03. The van der Waals surface area contributed by atoms with Crippen molar-refractivity contribution in [2.45, 2.75) is 18.9 Å². The summed E-state index contributed by atoms with van der Waals surface area (Å²) in [5, 5.41) is 11.2. The largest absolute Gasteiger partial charge is 0.480 e. The Morgan fingerprint density at radius 3 is 2.87 bits per heavy atom. The highest BCUT2D eigenvalue weighted by molar-refractivity contribution is 5.85. The maximum atomic E-state index is 11.5. The minimum absolute atomic E-state index is 0.00531. The molecule has 1 fully saturated rings. The molecule has 0 aliphatic carbocycles. The molecular formula is C10H13NO4. The summed E-state index contributed by atoms with van der Waals surface area (Å²) >= 11 is 0. The summed E-state index contributed by atoms with van der Waals surface area (Å²) in [4.78, 5) is 22.2. The van der Waals surface area contributed by atoms with Gasteiger partial charge in [-0.25, -0.2) is 4.79 Å². The fourth-order valence-corrected chi connectivity index (χ4v) is 1.35. The number of nitrogens with one attached hydrogen (secondary N) is 1. The number of carbonyl (C=O) groups is 2. The number of rotatable bonds is 4. The topological polar surface area (TPSA) is 75.6 Å². The van der Waals surface area contributed by atoms with Gasteiger partial charge in [-0.1, -0.05) is 0 Å². The summed E-state index contributed by atoms with van der Waals surface area (Å²) in [5.74, 6) is 0.565. The highest BCUT2D eigenvalue weighted by atomic mass is 16.5. The van der Waals surface area contributed by atoms with E-state index in [9.17, 15) is 9.59 Å². The predicted octanol–water partition coefficient (Wildman–Crippen LogP) is -0.384. The summed E-state index contributed by atoms with van der Waals surface area (Å²) in [6.07, 6.45) is 5.63. The van der Waals surface area contributed by atoms with Crippen molar-refractivity contribution in [1.29, 1.82) is 0 Å². The maximum absolute atomic E-state index is 11.5. The lowest BCUT2D eigenvalue weighted by molar-refractivity contribution is -0.142. The molecule has 0 aromatic heterocycles. The van der Waals surface area contributed by atoms with Crippen molar-refractivity contribution in [3.05, 3.63) is 0 Å². The summed E-state index contributed by atoms with van der Waals surface area (Å²) in [5.41, 5.74) is 0. The van der Waals surface area contributed by atoms with E-state index < -0.39 is 12.0 Å². The van der Waals surface area contributed by atoms with E-state index in [1.54, 1.807) is 0 Å². The number of carbonyl (C=O) groups excluding carboxylic acids is 1. The zero-order valence-electron chi connectivity index (χ0n) is 8.23. The first kappa shape index (κ1) is 11.5. The van der Waals surface area contributed by atoms with Gasteiger partial charge < -0.3 is 15.2 Å². The molecule has 0 spiro atoms. The number of carboxylic acid groups (broad SMARTS) is 1. The number of hydrogen-bond donors (Lipinski definition) is 2. The Balaban J connectivity index is 2.46. The average molecular weight is 211 g/mol. The fourth-order valence-electron chi connectivity index (χ4n) is 1.35. The lowest BCUT2D eigenvalue weighted by Crippen LogP contribution is -2.43. The molecule has 2 N–H and O–H groups in total. The molecule has 5 heteroatoms. The average Bonchev–Trinajstić information content (AvgIpc) is 2.69. The number of ether oxygens (including phenoxy) is 1. The van der Waals surface area contributed by atoms with E-state index in [0.717, 1.165) is 0 Å². The minimum atomic E-state index is -1.11. The van der Waals surface area contributed by atoms with Gasteiger partial charge in [0.05, 0.1) is 12.5 Å². The first-order chi connectivity index (χ1) is 7.15. The van der Waals surface area contributed by atoms with Gasteiger partial charge in [0.2, 0.25) is 5.91 Å². The Kier molecular flexibility index (Phi) is 4.13. The summed E-state index contributed by atoms with van der Waals surface area (Å²) in [6.45, 7) is 0.902. The van der Waals surface area contributed by atoms with Crippen LogP contribution in [0.2, 0.25) is 0 Å². The number of amides is 1. The molecule has 0 saturated carbocycles. The number of terminal acetylenes is 1. The normalized spacial score (nSPS) is 21.7. The van der Waals surface area contributed by atoms with E-state index >= 15 is 0 Å². The molecule has 82 valence electrons. The molecule has 1 amide bonds. The Hall–Kier alpha value is -1.54. The van der Waals surface area contributed by atoms with Gasteiger partial charge in [-0.15, -0.1) is 12.3 Å². The smallest absolute Gasteiger partial charge is 0.327 e. The van der Waals surface area contributed by atoms with Crippen LogP contribution in [0.15, 0.2) is 0 Å².